The summed E-state index contributed by atoms with van der Waals surface area (Å²) in [6, 6.07) is 0.249. The van der Waals surface area contributed by atoms with Crippen LogP contribution in [0.3, 0.4) is 0 Å². The third-order valence-electron chi connectivity index (χ3n) is 7.77. The van der Waals surface area contributed by atoms with Gasteiger partial charge in [-0.15, -0.1) is 0 Å². The highest BCUT2D eigenvalue weighted by atomic mass is 35.5. The molecule has 12 heteroatoms. The standard InChI is InChI=1S/C27H34ClN3O8/c1-11(2)39-6-5-30-10-13-9-16(32)18-14(20(13)28)7-12-8-15-21(31(3)4)23(34)19(26(29)37)25(36)27(15,38)24(35)17(12)22(18)33/h9,11-12,15,21,30,32-33,36,38H,5-8,10H2,1-4H3,(H2,29,37)/t12-,15-,21-,27-/m0/s1. The van der Waals surface area contributed by atoms with Crippen molar-refractivity contribution in [2.75, 3.05) is 27.2 Å². The van der Waals surface area contributed by atoms with E-state index < -0.39 is 58.0 Å². The number of likely N-dealkylation sites (N-methyl/N-ethyl adjacent to an activating group) is 1. The number of amides is 1. The number of nitrogens with one attached hydrogen (secondary N) is 1. The molecule has 4 atom stereocenters. The number of hydrogen-bond acceptors (Lipinski definition) is 10. The summed E-state index contributed by atoms with van der Waals surface area (Å²) in [5.41, 5.74) is 2.56. The van der Waals surface area contributed by atoms with Crippen LogP contribution in [0, 0.1) is 11.8 Å². The average Bonchev–Trinajstić information content (AvgIpc) is 2.83. The van der Waals surface area contributed by atoms with Crippen molar-refractivity contribution < 1.29 is 39.5 Å². The number of Topliss-reactive ketones (excluding diaryl/α,β-unsaturated/α-hetero) is 2. The van der Waals surface area contributed by atoms with Gasteiger partial charge in [-0.2, -0.15) is 0 Å². The molecule has 11 nitrogen and oxygen atoms in total. The highest BCUT2D eigenvalue weighted by Crippen LogP contribution is 2.53. The summed E-state index contributed by atoms with van der Waals surface area (Å²) in [5, 5.41) is 48.1. The number of carbonyl (C=O) groups is 3. The van der Waals surface area contributed by atoms with E-state index in [9.17, 15) is 34.8 Å². The quantitative estimate of drug-likeness (QED) is 0.198. The molecule has 1 aromatic carbocycles. The lowest BCUT2D eigenvalue weighted by Crippen LogP contribution is -2.65. The van der Waals surface area contributed by atoms with Crippen LogP contribution in [-0.2, 0) is 32.1 Å². The predicted octanol–water partition coefficient (Wildman–Crippen LogP) is 1.13. The number of fused-ring (bicyclic) bond motifs is 3. The number of phenols is 1. The minimum absolute atomic E-state index is 0.00211. The molecule has 3 aliphatic carbocycles. The van der Waals surface area contributed by atoms with Crippen LogP contribution in [0.4, 0.5) is 0 Å². The Morgan fingerprint density at radius 1 is 1.28 bits per heavy atom. The molecule has 0 spiro atoms. The minimum Gasteiger partial charge on any atom is -0.508 e. The van der Waals surface area contributed by atoms with Gasteiger partial charge in [0.2, 0.25) is 5.78 Å². The van der Waals surface area contributed by atoms with Gasteiger partial charge in [0, 0.05) is 29.6 Å². The summed E-state index contributed by atoms with van der Waals surface area (Å²) in [5.74, 6) is -6.97. The summed E-state index contributed by atoms with van der Waals surface area (Å²) in [6.45, 7) is 5.21. The van der Waals surface area contributed by atoms with Crippen LogP contribution in [0.5, 0.6) is 5.75 Å². The first-order valence-electron chi connectivity index (χ1n) is 12.7. The summed E-state index contributed by atoms with van der Waals surface area (Å²) in [4.78, 5) is 40.5. The van der Waals surface area contributed by atoms with E-state index >= 15 is 0 Å². The molecule has 0 aromatic heterocycles. The first kappa shape index (κ1) is 29.0. The van der Waals surface area contributed by atoms with Gasteiger partial charge in [0.25, 0.3) is 5.91 Å². The number of hydrogen-bond donors (Lipinski definition) is 6. The molecule has 7 N–H and O–H groups in total. The van der Waals surface area contributed by atoms with Gasteiger partial charge in [0.05, 0.1) is 24.3 Å². The Balaban J connectivity index is 1.78. The summed E-state index contributed by atoms with van der Waals surface area (Å²) in [7, 11) is 3.10. The Labute approximate surface area is 230 Å². The summed E-state index contributed by atoms with van der Waals surface area (Å²) >= 11 is 6.73. The fourth-order valence-electron chi connectivity index (χ4n) is 6.07. The van der Waals surface area contributed by atoms with Crippen LogP contribution in [0.15, 0.2) is 23.0 Å². The molecule has 212 valence electrons. The van der Waals surface area contributed by atoms with Gasteiger partial charge in [0.1, 0.15) is 22.8 Å². The SMILES string of the molecule is CC(C)OCCNCc1cc(O)c2c(c1Cl)C[C@H]1C[C@H]3[C@H](N(C)C)C(=O)C(C(N)=O)=C(O)[C@@]3(O)C(=O)C1=C2O. The number of nitrogens with two attached hydrogens (primary N) is 1. The average molecular weight is 564 g/mol. The summed E-state index contributed by atoms with van der Waals surface area (Å²) in [6.07, 6.45) is 0.220. The van der Waals surface area contributed by atoms with Crippen molar-refractivity contribution in [3.8, 4) is 5.75 Å². The molecule has 1 amide bonds. The van der Waals surface area contributed by atoms with Gasteiger partial charge in [-0.05, 0) is 63.9 Å². The van der Waals surface area contributed by atoms with E-state index in [4.69, 9.17) is 22.1 Å². The Bertz CT molecular complexity index is 1300. The molecule has 0 unspecified atom stereocenters. The van der Waals surface area contributed by atoms with E-state index in [0.29, 0.717) is 35.8 Å². The molecular weight excluding hydrogens is 530 g/mol. The monoisotopic (exact) mass is 563 g/mol. The maximum absolute atomic E-state index is 13.8. The topological polar surface area (TPSA) is 183 Å². The Kier molecular flexibility index (Phi) is 7.85. The van der Waals surface area contributed by atoms with Gasteiger partial charge < -0.3 is 36.2 Å². The number of aromatic hydroxyl groups is 1. The van der Waals surface area contributed by atoms with Crippen LogP contribution in [0.25, 0.3) is 5.76 Å². The molecular formula is C27H34ClN3O8. The maximum atomic E-state index is 13.8. The maximum Gasteiger partial charge on any atom is 0.255 e. The predicted molar refractivity (Wildman–Crippen MR) is 142 cm³/mol. The van der Waals surface area contributed by atoms with E-state index in [0.717, 1.165) is 0 Å². The van der Waals surface area contributed by atoms with Crippen LogP contribution in [0.2, 0.25) is 5.02 Å². The van der Waals surface area contributed by atoms with E-state index in [1.807, 2.05) is 13.8 Å². The largest absolute Gasteiger partial charge is 0.508 e. The fourth-order valence-corrected chi connectivity index (χ4v) is 6.36. The Hall–Kier alpha value is -2.96. The van der Waals surface area contributed by atoms with E-state index in [1.165, 1.54) is 11.0 Å². The van der Waals surface area contributed by atoms with Crippen LogP contribution in [0.1, 0.15) is 37.0 Å². The molecule has 1 fully saturated rings. The van der Waals surface area contributed by atoms with Crippen molar-refractivity contribution in [3.05, 3.63) is 44.7 Å². The molecule has 1 aromatic rings. The number of primary amides is 1. The van der Waals surface area contributed by atoms with Crippen molar-refractivity contribution in [2.45, 2.75) is 51.0 Å². The van der Waals surface area contributed by atoms with E-state index in [-0.39, 0.29) is 35.8 Å². The number of rotatable bonds is 8. The first-order valence-corrected chi connectivity index (χ1v) is 13.1. The number of ether oxygens (including phenoxy) is 1. The zero-order chi connectivity index (χ0) is 29.0. The number of phenolic OH excluding ortho intramolecular Hbond substituents is 1. The van der Waals surface area contributed by atoms with Gasteiger partial charge in [0.15, 0.2) is 11.4 Å². The van der Waals surface area contributed by atoms with Gasteiger partial charge in [-0.3, -0.25) is 19.3 Å². The third-order valence-corrected chi connectivity index (χ3v) is 8.25. The number of benzene rings is 1. The minimum atomic E-state index is -2.67. The molecule has 39 heavy (non-hydrogen) atoms. The molecule has 3 aliphatic rings. The molecule has 0 radical (unpaired) electrons. The number of halogens is 1. The van der Waals surface area contributed by atoms with Crippen molar-refractivity contribution in [1.82, 2.24) is 10.2 Å². The van der Waals surface area contributed by atoms with Gasteiger partial charge in [-0.25, -0.2) is 0 Å². The van der Waals surface area contributed by atoms with E-state index in [1.54, 1.807) is 14.1 Å². The number of aliphatic hydroxyl groups excluding tert-OH is 2. The van der Waals surface area contributed by atoms with Gasteiger partial charge in [-0.1, -0.05) is 11.6 Å². The highest BCUT2D eigenvalue weighted by molar-refractivity contribution is 6.32. The number of ketones is 2. The second-order valence-electron chi connectivity index (χ2n) is 10.8. The van der Waals surface area contributed by atoms with Crippen LogP contribution in [-0.4, -0.2) is 87.8 Å². The molecule has 1 saturated carbocycles. The zero-order valence-electron chi connectivity index (χ0n) is 22.2. The third kappa shape index (κ3) is 4.62. The highest BCUT2D eigenvalue weighted by Gasteiger charge is 2.64. The molecule has 0 aliphatic heterocycles. The fraction of sp³-hybridized carbons (Fsp3) is 0.519. The second kappa shape index (κ2) is 10.5. The Morgan fingerprint density at radius 2 is 1.95 bits per heavy atom. The van der Waals surface area contributed by atoms with Gasteiger partial charge >= 0.3 is 0 Å². The summed E-state index contributed by atoms with van der Waals surface area (Å²) < 4.78 is 5.51. The number of carbonyl (C=O) groups excluding carboxylic acids is 3. The number of aliphatic hydroxyl groups is 3. The first-order chi connectivity index (χ1) is 18.2. The van der Waals surface area contributed by atoms with Crippen molar-refractivity contribution >= 4 is 34.8 Å². The Morgan fingerprint density at radius 3 is 2.54 bits per heavy atom. The molecule has 4 rings (SSSR count). The molecule has 0 bridgehead atoms. The lowest BCUT2D eigenvalue weighted by molar-refractivity contribution is -0.153. The van der Waals surface area contributed by atoms with E-state index in [2.05, 4.69) is 5.32 Å². The second-order valence-corrected chi connectivity index (χ2v) is 11.2. The lowest BCUT2D eigenvalue weighted by atomic mass is 9.57. The lowest BCUT2D eigenvalue weighted by Gasteiger charge is -2.50. The molecule has 0 saturated heterocycles. The smallest absolute Gasteiger partial charge is 0.255 e. The van der Waals surface area contributed by atoms with Crippen molar-refractivity contribution in [1.29, 1.82) is 0 Å². The zero-order valence-corrected chi connectivity index (χ0v) is 23.0. The normalized spacial score (nSPS) is 26.7. The van der Waals surface area contributed by atoms with Crippen molar-refractivity contribution in [2.24, 2.45) is 17.6 Å². The number of nitrogens with zero attached hydrogens (tertiary/aromatic N) is 1. The van der Waals surface area contributed by atoms with Crippen LogP contribution >= 0.6 is 11.6 Å². The van der Waals surface area contributed by atoms with Crippen LogP contribution < -0.4 is 11.1 Å². The molecule has 0 heterocycles. The van der Waals surface area contributed by atoms with Crippen molar-refractivity contribution in [3.63, 3.8) is 0 Å².